The lowest BCUT2D eigenvalue weighted by Crippen LogP contribution is -2.26. The van der Waals surface area contributed by atoms with Crippen molar-refractivity contribution in [3.8, 4) is 0 Å². The van der Waals surface area contributed by atoms with Crippen LogP contribution in [0.2, 0.25) is 0 Å². The molecule has 0 spiro atoms. The molecule has 0 saturated heterocycles. The second-order valence-electron chi connectivity index (χ2n) is 4.48. The number of amides is 1. The van der Waals surface area contributed by atoms with Gasteiger partial charge >= 0.3 is 5.97 Å². The molecule has 2 heterocycles. The van der Waals surface area contributed by atoms with Crippen molar-refractivity contribution >= 4 is 11.9 Å². The number of hydrogen-bond donors (Lipinski definition) is 2. The van der Waals surface area contributed by atoms with Crippen molar-refractivity contribution in [3.05, 3.63) is 34.9 Å². The molecular formula is C13H15N3O5. The Labute approximate surface area is 120 Å². The van der Waals surface area contributed by atoms with Crippen LogP contribution in [0.1, 0.15) is 58.3 Å². The minimum absolute atomic E-state index is 0.0102. The van der Waals surface area contributed by atoms with Crippen LogP contribution in [-0.2, 0) is 6.42 Å². The fourth-order valence-electron chi connectivity index (χ4n) is 1.80. The van der Waals surface area contributed by atoms with Gasteiger partial charge in [0.05, 0.1) is 0 Å². The van der Waals surface area contributed by atoms with Gasteiger partial charge in [-0.1, -0.05) is 12.1 Å². The Hall–Kier alpha value is -2.64. The molecule has 0 bridgehead atoms. The quantitative estimate of drug-likeness (QED) is 0.861. The lowest BCUT2D eigenvalue weighted by Gasteiger charge is -2.07. The first kappa shape index (κ1) is 14.8. The highest BCUT2D eigenvalue weighted by atomic mass is 16.5. The van der Waals surface area contributed by atoms with Crippen molar-refractivity contribution in [1.29, 1.82) is 0 Å². The van der Waals surface area contributed by atoms with E-state index in [0.717, 1.165) is 0 Å². The number of aryl methyl sites for hydroxylation is 2. The normalized spacial score (nSPS) is 12.1. The van der Waals surface area contributed by atoms with Crippen LogP contribution >= 0.6 is 0 Å². The average molecular weight is 293 g/mol. The summed E-state index contributed by atoms with van der Waals surface area (Å²) in [5.74, 6) is -0.746. The van der Waals surface area contributed by atoms with E-state index in [1.165, 1.54) is 6.07 Å². The molecule has 0 aliphatic carbocycles. The van der Waals surface area contributed by atoms with Gasteiger partial charge < -0.3 is 19.4 Å². The zero-order valence-corrected chi connectivity index (χ0v) is 11.8. The second-order valence-corrected chi connectivity index (χ2v) is 4.48. The fraction of sp³-hybridized carbons (Fsp3) is 0.385. The van der Waals surface area contributed by atoms with Crippen molar-refractivity contribution in [2.45, 2.75) is 33.2 Å². The number of hydrogen-bond acceptors (Lipinski definition) is 6. The van der Waals surface area contributed by atoms with Gasteiger partial charge in [-0.3, -0.25) is 4.79 Å². The SMILES string of the molecule is CCc1oc(C(=O)NC(C)c2nc(C)no2)cc1C(=O)O. The Morgan fingerprint density at radius 1 is 1.48 bits per heavy atom. The molecular weight excluding hydrogens is 278 g/mol. The van der Waals surface area contributed by atoms with Crippen LogP contribution in [-0.4, -0.2) is 27.1 Å². The number of nitrogens with zero attached hydrogens (tertiary/aromatic N) is 2. The van der Waals surface area contributed by atoms with E-state index in [2.05, 4.69) is 15.5 Å². The highest BCUT2D eigenvalue weighted by molar-refractivity contribution is 5.96. The number of furan rings is 1. The molecule has 0 aliphatic rings. The van der Waals surface area contributed by atoms with Crippen molar-refractivity contribution in [2.75, 3.05) is 0 Å². The van der Waals surface area contributed by atoms with E-state index in [-0.39, 0.29) is 23.0 Å². The molecule has 112 valence electrons. The highest BCUT2D eigenvalue weighted by Crippen LogP contribution is 2.18. The van der Waals surface area contributed by atoms with E-state index in [9.17, 15) is 9.59 Å². The predicted molar refractivity (Wildman–Crippen MR) is 70.0 cm³/mol. The maximum Gasteiger partial charge on any atom is 0.339 e. The van der Waals surface area contributed by atoms with Crippen molar-refractivity contribution in [2.24, 2.45) is 0 Å². The highest BCUT2D eigenvalue weighted by Gasteiger charge is 2.22. The minimum Gasteiger partial charge on any atom is -0.478 e. The number of aromatic nitrogens is 2. The molecule has 2 rings (SSSR count). The fourth-order valence-corrected chi connectivity index (χ4v) is 1.80. The van der Waals surface area contributed by atoms with E-state index in [4.69, 9.17) is 14.0 Å². The number of carbonyl (C=O) groups excluding carboxylic acids is 1. The number of rotatable bonds is 5. The van der Waals surface area contributed by atoms with Crippen LogP contribution in [0.5, 0.6) is 0 Å². The van der Waals surface area contributed by atoms with Crippen molar-refractivity contribution in [3.63, 3.8) is 0 Å². The third-order valence-corrected chi connectivity index (χ3v) is 2.85. The minimum atomic E-state index is -1.13. The molecule has 21 heavy (non-hydrogen) atoms. The Morgan fingerprint density at radius 2 is 2.19 bits per heavy atom. The maximum absolute atomic E-state index is 12.1. The molecule has 2 aromatic heterocycles. The number of carboxylic acid groups (broad SMARTS) is 1. The molecule has 0 aliphatic heterocycles. The lowest BCUT2D eigenvalue weighted by atomic mass is 10.2. The molecule has 1 amide bonds. The van der Waals surface area contributed by atoms with Crippen molar-refractivity contribution < 1.29 is 23.6 Å². The average Bonchev–Trinajstić information content (AvgIpc) is 3.04. The smallest absolute Gasteiger partial charge is 0.339 e. The van der Waals surface area contributed by atoms with Crippen molar-refractivity contribution in [1.82, 2.24) is 15.5 Å². The third kappa shape index (κ3) is 3.10. The first-order chi connectivity index (χ1) is 9.92. The first-order valence-corrected chi connectivity index (χ1v) is 6.39. The molecule has 8 heteroatoms. The lowest BCUT2D eigenvalue weighted by molar-refractivity contribution is 0.0694. The summed E-state index contributed by atoms with van der Waals surface area (Å²) >= 11 is 0. The summed E-state index contributed by atoms with van der Waals surface area (Å²) in [7, 11) is 0. The predicted octanol–water partition coefficient (Wildman–Crippen LogP) is 1.72. The van der Waals surface area contributed by atoms with E-state index in [0.29, 0.717) is 12.2 Å². The zero-order valence-electron chi connectivity index (χ0n) is 11.8. The Morgan fingerprint density at radius 3 is 2.67 bits per heavy atom. The van der Waals surface area contributed by atoms with Crippen LogP contribution < -0.4 is 5.32 Å². The summed E-state index contributed by atoms with van der Waals surface area (Å²) in [5, 5.41) is 15.3. The Balaban J connectivity index is 2.15. The molecule has 1 atom stereocenters. The van der Waals surface area contributed by atoms with Crippen LogP contribution in [0.25, 0.3) is 0 Å². The van der Waals surface area contributed by atoms with Gasteiger partial charge in [0.25, 0.3) is 5.91 Å². The molecule has 0 fully saturated rings. The number of carboxylic acids is 1. The second kappa shape index (κ2) is 5.78. The summed E-state index contributed by atoms with van der Waals surface area (Å²) in [6, 6.07) is 0.699. The summed E-state index contributed by atoms with van der Waals surface area (Å²) in [6.45, 7) is 5.09. The summed E-state index contributed by atoms with van der Waals surface area (Å²) < 4.78 is 10.2. The van der Waals surface area contributed by atoms with Crippen LogP contribution in [0.4, 0.5) is 0 Å². The number of carbonyl (C=O) groups is 2. The van der Waals surface area contributed by atoms with Crippen LogP contribution in [0, 0.1) is 6.92 Å². The van der Waals surface area contributed by atoms with E-state index >= 15 is 0 Å². The number of nitrogens with one attached hydrogen (secondary N) is 1. The van der Waals surface area contributed by atoms with Gasteiger partial charge in [-0.05, 0) is 13.8 Å². The van der Waals surface area contributed by atoms with E-state index in [1.54, 1.807) is 20.8 Å². The Kier molecular flexibility index (Phi) is 4.06. The maximum atomic E-state index is 12.1. The zero-order chi connectivity index (χ0) is 15.6. The third-order valence-electron chi connectivity index (χ3n) is 2.85. The van der Waals surface area contributed by atoms with Gasteiger partial charge in [0.1, 0.15) is 17.4 Å². The monoisotopic (exact) mass is 293 g/mol. The molecule has 0 saturated carbocycles. The van der Waals surface area contributed by atoms with Gasteiger partial charge in [-0.15, -0.1) is 0 Å². The standard InChI is InChI=1S/C13H15N3O5/c1-4-9-8(13(18)19)5-10(20-9)11(17)14-6(2)12-15-7(3)16-21-12/h5-6H,4H2,1-3H3,(H,14,17)(H,18,19). The molecule has 8 nitrogen and oxygen atoms in total. The van der Waals surface area contributed by atoms with Crippen LogP contribution in [0.3, 0.4) is 0 Å². The molecule has 1 unspecified atom stereocenters. The van der Waals surface area contributed by atoms with Crippen LogP contribution in [0.15, 0.2) is 15.0 Å². The summed E-state index contributed by atoms with van der Waals surface area (Å²) in [6.07, 6.45) is 0.382. The summed E-state index contributed by atoms with van der Waals surface area (Å²) in [4.78, 5) is 27.1. The topological polar surface area (TPSA) is 118 Å². The summed E-state index contributed by atoms with van der Waals surface area (Å²) in [5.41, 5.74) is -0.0102. The number of aromatic carboxylic acids is 1. The molecule has 2 N–H and O–H groups in total. The first-order valence-electron chi connectivity index (χ1n) is 6.39. The van der Waals surface area contributed by atoms with Gasteiger partial charge in [0.15, 0.2) is 11.6 Å². The van der Waals surface area contributed by atoms with Gasteiger partial charge in [0.2, 0.25) is 5.89 Å². The van der Waals surface area contributed by atoms with Gasteiger partial charge in [0, 0.05) is 12.5 Å². The van der Waals surface area contributed by atoms with Gasteiger partial charge in [-0.25, -0.2) is 4.79 Å². The van der Waals surface area contributed by atoms with E-state index in [1.807, 2.05) is 0 Å². The molecule has 0 aromatic carbocycles. The molecule has 2 aromatic rings. The van der Waals surface area contributed by atoms with E-state index < -0.39 is 17.9 Å². The largest absolute Gasteiger partial charge is 0.478 e. The molecule has 0 radical (unpaired) electrons. The van der Waals surface area contributed by atoms with Gasteiger partial charge in [-0.2, -0.15) is 4.98 Å². The Bertz CT molecular complexity index is 673.